The van der Waals surface area contributed by atoms with Crippen LogP contribution in [-0.4, -0.2) is 15.9 Å². The van der Waals surface area contributed by atoms with Gasteiger partial charge >= 0.3 is 0 Å². The average Bonchev–Trinajstić information content (AvgIpc) is 3.07. The molecule has 1 aliphatic rings. The summed E-state index contributed by atoms with van der Waals surface area (Å²) in [6, 6.07) is 25.9. The molecule has 0 saturated heterocycles. The zero-order valence-corrected chi connectivity index (χ0v) is 33.4. The van der Waals surface area contributed by atoms with Crippen molar-refractivity contribution in [2.24, 2.45) is 11.8 Å². The van der Waals surface area contributed by atoms with Crippen molar-refractivity contribution in [3.8, 4) is 11.3 Å². The maximum Gasteiger partial charge on any atom is 0.162 e. The second-order valence-electron chi connectivity index (χ2n) is 15.1. The molecule has 49 heavy (non-hydrogen) atoms. The van der Waals surface area contributed by atoms with Crippen LogP contribution in [0.15, 0.2) is 78.7 Å². The Hall–Kier alpha value is -3.33. The van der Waals surface area contributed by atoms with Gasteiger partial charge in [-0.15, -0.1) is 29.1 Å². The predicted octanol–water partition coefficient (Wildman–Crippen LogP) is 12.5. The van der Waals surface area contributed by atoms with Crippen LogP contribution < -0.4 is 0 Å². The van der Waals surface area contributed by atoms with E-state index in [4.69, 9.17) is 4.98 Å². The molecule has 1 aliphatic carbocycles. The van der Waals surface area contributed by atoms with Gasteiger partial charge in [0.25, 0.3) is 0 Å². The minimum Gasteiger partial charge on any atom is -0.512 e. The van der Waals surface area contributed by atoms with Crippen molar-refractivity contribution in [1.29, 1.82) is 0 Å². The number of aromatic nitrogens is 1. The number of benzene rings is 4. The van der Waals surface area contributed by atoms with Crippen molar-refractivity contribution in [2.45, 2.75) is 112 Å². The minimum absolute atomic E-state index is 0. The SMILES string of the molecule is CCC(CC)C(=O)/C=C(\O)C(CC)CC.Cc1cc(-c2nccc3c2ccc2c4c(ccc23)C(C)(C)CCC4(C)C)[c-]c2ccccc12.[Ir]. The standard InChI is InChI=1S/C32H30N.C13H24O2.Ir/c1-20-18-22(19-21-8-6-7-9-23(20)21)30-27-11-10-26-24(25(27)14-17-33-30)12-13-28-29(26)32(4,5)16-15-31(28,2)3;1-5-10(6-2)12(14)9-13(15)11(7-3)8-4;/h6-14,17-18H,15-16H2,1-5H3;9-11,14H,5-8H2,1-4H3;/q-1;;/b;12-9-;. The Morgan fingerprint density at radius 2 is 1.39 bits per heavy atom. The second-order valence-corrected chi connectivity index (χ2v) is 15.1. The van der Waals surface area contributed by atoms with Crippen LogP contribution in [0.5, 0.6) is 0 Å². The maximum absolute atomic E-state index is 11.7. The largest absolute Gasteiger partial charge is 0.512 e. The van der Waals surface area contributed by atoms with Crippen LogP contribution in [0, 0.1) is 24.8 Å². The van der Waals surface area contributed by atoms with E-state index in [1.165, 1.54) is 62.5 Å². The van der Waals surface area contributed by atoms with Gasteiger partial charge in [0.15, 0.2) is 5.78 Å². The van der Waals surface area contributed by atoms with E-state index in [0.717, 1.165) is 42.3 Å². The van der Waals surface area contributed by atoms with E-state index in [1.54, 1.807) is 0 Å². The second kappa shape index (κ2) is 15.7. The van der Waals surface area contributed by atoms with E-state index < -0.39 is 0 Å². The van der Waals surface area contributed by atoms with Crippen LogP contribution >= 0.6 is 0 Å². The zero-order chi connectivity index (χ0) is 34.8. The number of ketones is 1. The molecule has 1 aromatic heterocycles. The van der Waals surface area contributed by atoms with Crippen molar-refractivity contribution >= 4 is 38.1 Å². The van der Waals surface area contributed by atoms with Crippen molar-refractivity contribution < 1.29 is 30.0 Å². The molecular formula is C45H54IrNO2-. The summed E-state index contributed by atoms with van der Waals surface area (Å²) in [6.45, 7) is 19.9. The number of aryl methyl sites for hydroxylation is 1. The Morgan fingerprint density at radius 1 is 0.796 bits per heavy atom. The Balaban J connectivity index is 0.000000290. The van der Waals surface area contributed by atoms with Crippen LogP contribution in [0.25, 0.3) is 43.6 Å². The number of carbonyl (C=O) groups is 1. The number of rotatable bonds is 8. The smallest absolute Gasteiger partial charge is 0.162 e. The Bertz CT molecular complexity index is 1980. The molecule has 1 heterocycles. The number of carbonyl (C=O) groups excluding carboxylic acids is 1. The first-order valence-corrected chi connectivity index (χ1v) is 18.1. The first kappa shape index (κ1) is 38.5. The summed E-state index contributed by atoms with van der Waals surface area (Å²) >= 11 is 0. The van der Waals surface area contributed by atoms with Gasteiger partial charge in [0, 0.05) is 49.9 Å². The van der Waals surface area contributed by atoms with Crippen LogP contribution in [-0.2, 0) is 35.7 Å². The van der Waals surface area contributed by atoms with E-state index in [0.29, 0.717) is 0 Å². The molecule has 4 aromatic carbocycles. The van der Waals surface area contributed by atoms with Crippen molar-refractivity contribution in [3.05, 3.63) is 101 Å². The van der Waals surface area contributed by atoms with Gasteiger partial charge in [-0.05, 0) is 88.1 Å². The summed E-state index contributed by atoms with van der Waals surface area (Å²) in [6.07, 6.45) is 9.32. The zero-order valence-electron chi connectivity index (χ0n) is 31.0. The predicted molar refractivity (Wildman–Crippen MR) is 205 cm³/mol. The molecule has 6 rings (SSSR count). The molecule has 1 N–H and O–H groups in total. The molecule has 0 spiro atoms. The molecule has 0 saturated carbocycles. The van der Waals surface area contributed by atoms with E-state index >= 15 is 0 Å². The molecule has 5 aromatic rings. The fourth-order valence-electron chi connectivity index (χ4n) is 7.78. The summed E-state index contributed by atoms with van der Waals surface area (Å²) < 4.78 is 0. The van der Waals surface area contributed by atoms with Gasteiger partial charge in [-0.2, -0.15) is 0 Å². The van der Waals surface area contributed by atoms with E-state index in [-0.39, 0.29) is 54.3 Å². The molecule has 1 radical (unpaired) electrons. The fourth-order valence-corrected chi connectivity index (χ4v) is 7.78. The third-order valence-corrected chi connectivity index (χ3v) is 11.0. The molecule has 0 aliphatic heterocycles. The number of hydrogen-bond donors (Lipinski definition) is 1. The van der Waals surface area contributed by atoms with Crippen molar-refractivity contribution in [1.82, 2.24) is 4.98 Å². The number of allylic oxidation sites excluding steroid dienone is 2. The molecule has 0 amide bonds. The Kier molecular flexibility index (Phi) is 12.3. The number of fused-ring (bicyclic) bond motifs is 6. The molecule has 0 bridgehead atoms. The number of hydrogen-bond acceptors (Lipinski definition) is 3. The van der Waals surface area contributed by atoms with Crippen LogP contribution in [0.2, 0.25) is 0 Å². The summed E-state index contributed by atoms with van der Waals surface area (Å²) in [5, 5.41) is 17.4. The van der Waals surface area contributed by atoms with Gasteiger partial charge in [0.2, 0.25) is 0 Å². The average molecular weight is 833 g/mol. The van der Waals surface area contributed by atoms with Gasteiger partial charge < -0.3 is 5.11 Å². The van der Waals surface area contributed by atoms with Crippen LogP contribution in [0.3, 0.4) is 0 Å². The van der Waals surface area contributed by atoms with Crippen LogP contribution in [0.1, 0.15) is 111 Å². The topological polar surface area (TPSA) is 50.2 Å². The third-order valence-electron chi connectivity index (χ3n) is 11.0. The molecule has 3 nitrogen and oxygen atoms in total. The first-order valence-electron chi connectivity index (χ1n) is 18.1. The Morgan fingerprint density at radius 3 is 2.06 bits per heavy atom. The number of pyridine rings is 1. The summed E-state index contributed by atoms with van der Waals surface area (Å²) in [5.41, 5.74) is 6.78. The van der Waals surface area contributed by atoms with Gasteiger partial charge in [0.1, 0.15) is 0 Å². The van der Waals surface area contributed by atoms with E-state index in [2.05, 4.69) is 101 Å². The normalized spacial score (nSPS) is 15.2. The fraction of sp³-hybridized carbons (Fsp3) is 0.422. The molecule has 261 valence electrons. The molecule has 0 fully saturated rings. The quantitative estimate of drug-likeness (QED) is 0.0733. The van der Waals surface area contributed by atoms with E-state index in [1.807, 2.05) is 33.9 Å². The molecule has 4 heteroatoms. The third kappa shape index (κ3) is 7.72. The number of aliphatic hydroxyl groups excluding tert-OH is 1. The summed E-state index contributed by atoms with van der Waals surface area (Å²) in [5.74, 6) is 0.547. The van der Waals surface area contributed by atoms with Gasteiger partial charge in [-0.25, -0.2) is 0 Å². The summed E-state index contributed by atoms with van der Waals surface area (Å²) in [7, 11) is 0. The maximum atomic E-state index is 11.7. The summed E-state index contributed by atoms with van der Waals surface area (Å²) in [4.78, 5) is 16.6. The molecule has 0 unspecified atom stereocenters. The monoisotopic (exact) mass is 833 g/mol. The molecule has 0 atom stereocenters. The minimum atomic E-state index is 0. The van der Waals surface area contributed by atoms with Gasteiger partial charge in [-0.1, -0.05) is 116 Å². The number of aliphatic hydroxyl groups is 1. The van der Waals surface area contributed by atoms with Gasteiger partial charge in [0.05, 0.1) is 5.76 Å². The molecular weight excluding hydrogens is 779 g/mol. The first-order chi connectivity index (χ1) is 22.9. The number of nitrogens with zero attached hydrogens (tertiary/aromatic N) is 1. The van der Waals surface area contributed by atoms with E-state index in [9.17, 15) is 9.90 Å². The van der Waals surface area contributed by atoms with Gasteiger partial charge in [-0.3, -0.25) is 9.78 Å². The van der Waals surface area contributed by atoms with Crippen molar-refractivity contribution in [3.63, 3.8) is 0 Å². The van der Waals surface area contributed by atoms with Crippen LogP contribution in [0.4, 0.5) is 0 Å². The Labute approximate surface area is 308 Å². The van der Waals surface area contributed by atoms with Crippen molar-refractivity contribution in [2.75, 3.05) is 0 Å².